The molecule has 0 bridgehead atoms. The van der Waals surface area contributed by atoms with Crippen molar-refractivity contribution in [1.29, 1.82) is 0 Å². The van der Waals surface area contributed by atoms with Crippen LogP contribution in [-0.4, -0.2) is 35.4 Å². The SMILES string of the molecule is C=CCn1c(Cc2csc(NC(=O)Cc3c(C)nn(C)c3C)n2)n[nH]c1=S. The van der Waals surface area contributed by atoms with E-state index in [1.54, 1.807) is 10.8 Å². The van der Waals surface area contributed by atoms with Crippen molar-refractivity contribution < 1.29 is 4.79 Å². The number of amides is 1. The average molecular weight is 404 g/mol. The molecule has 0 radical (unpaired) electrons. The van der Waals surface area contributed by atoms with E-state index in [1.807, 2.05) is 30.8 Å². The summed E-state index contributed by atoms with van der Waals surface area (Å²) in [6.07, 6.45) is 2.57. The van der Waals surface area contributed by atoms with Gasteiger partial charge >= 0.3 is 0 Å². The van der Waals surface area contributed by atoms with E-state index in [0.29, 0.717) is 22.9 Å². The van der Waals surface area contributed by atoms with Crippen molar-refractivity contribution in [2.75, 3.05) is 5.32 Å². The molecule has 27 heavy (non-hydrogen) atoms. The van der Waals surface area contributed by atoms with Gasteiger partial charge in [0.2, 0.25) is 5.91 Å². The fraction of sp³-hybridized carbons (Fsp3) is 0.353. The van der Waals surface area contributed by atoms with E-state index in [0.717, 1.165) is 28.5 Å². The normalized spacial score (nSPS) is 10.9. The second-order valence-electron chi connectivity index (χ2n) is 6.16. The number of hydrogen-bond donors (Lipinski definition) is 2. The number of anilines is 1. The van der Waals surface area contributed by atoms with Crippen LogP contribution in [0, 0.1) is 18.6 Å². The zero-order valence-electron chi connectivity index (χ0n) is 15.4. The Balaban J connectivity index is 1.66. The summed E-state index contributed by atoms with van der Waals surface area (Å²) in [6.45, 7) is 8.19. The first-order chi connectivity index (χ1) is 12.9. The van der Waals surface area contributed by atoms with Crippen LogP contribution < -0.4 is 5.32 Å². The van der Waals surface area contributed by atoms with Gasteiger partial charge in [0, 0.05) is 30.2 Å². The fourth-order valence-corrected chi connectivity index (χ4v) is 3.76. The first kappa shape index (κ1) is 19.2. The van der Waals surface area contributed by atoms with E-state index in [-0.39, 0.29) is 12.3 Å². The molecular formula is C17H21N7OS2. The number of rotatable bonds is 7. The summed E-state index contributed by atoms with van der Waals surface area (Å²) in [5.74, 6) is 0.675. The molecule has 0 atom stereocenters. The molecule has 0 spiro atoms. The quantitative estimate of drug-likeness (QED) is 0.467. The topological polar surface area (TPSA) is 93.4 Å². The van der Waals surface area contributed by atoms with Gasteiger partial charge in [-0.2, -0.15) is 10.2 Å². The highest BCUT2D eigenvalue weighted by Crippen LogP contribution is 2.19. The van der Waals surface area contributed by atoms with Crippen molar-refractivity contribution in [3.8, 4) is 0 Å². The van der Waals surface area contributed by atoms with Crippen LogP contribution in [0.5, 0.6) is 0 Å². The van der Waals surface area contributed by atoms with Crippen LogP contribution in [0.1, 0.15) is 28.5 Å². The molecular weight excluding hydrogens is 382 g/mol. The molecule has 2 N–H and O–H groups in total. The highest BCUT2D eigenvalue weighted by molar-refractivity contribution is 7.71. The maximum atomic E-state index is 12.4. The summed E-state index contributed by atoms with van der Waals surface area (Å²) in [4.78, 5) is 16.9. The van der Waals surface area contributed by atoms with Crippen LogP contribution in [-0.2, 0) is 31.2 Å². The van der Waals surface area contributed by atoms with Crippen molar-refractivity contribution in [3.63, 3.8) is 0 Å². The molecule has 3 aromatic heterocycles. The van der Waals surface area contributed by atoms with E-state index in [2.05, 4.69) is 32.2 Å². The number of aryl methyl sites for hydroxylation is 2. The molecule has 1 amide bonds. The molecule has 142 valence electrons. The highest BCUT2D eigenvalue weighted by Gasteiger charge is 2.15. The summed E-state index contributed by atoms with van der Waals surface area (Å²) in [5, 5.41) is 16.7. The average Bonchev–Trinajstić information content (AvgIpc) is 3.26. The molecule has 8 nitrogen and oxygen atoms in total. The minimum Gasteiger partial charge on any atom is -0.302 e. The van der Waals surface area contributed by atoms with E-state index in [1.165, 1.54) is 11.3 Å². The molecule has 10 heteroatoms. The Morgan fingerprint density at radius 2 is 2.26 bits per heavy atom. The monoisotopic (exact) mass is 403 g/mol. The summed E-state index contributed by atoms with van der Waals surface area (Å²) in [5.41, 5.74) is 3.64. The lowest BCUT2D eigenvalue weighted by Gasteiger charge is -2.03. The van der Waals surface area contributed by atoms with Gasteiger partial charge in [-0.3, -0.25) is 19.1 Å². The first-order valence-electron chi connectivity index (χ1n) is 8.37. The second kappa shape index (κ2) is 7.97. The fourth-order valence-electron chi connectivity index (χ4n) is 2.81. The van der Waals surface area contributed by atoms with Gasteiger partial charge in [0.1, 0.15) is 5.82 Å². The van der Waals surface area contributed by atoms with Gasteiger partial charge < -0.3 is 5.32 Å². The maximum absolute atomic E-state index is 12.4. The maximum Gasteiger partial charge on any atom is 0.230 e. The lowest BCUT2D eigenvalue weighted by Crippen LogP contribution is -2.15. The molecule has 0 saturated heterocycles. The number of carbonyl (C=O) groups excluding carboxylic acids is 1. The third-order valence-corrected chi connectivity index (χ3v) is 5.40. The van der Waals surface area contributed by atoms with Crippen molar-refractivity contribution in [2.24, 2.45) is 7.05 Å². The summed E-state index contributed by atoms with van der Waals surface area (Å²) in [6, 6.07) is 0. The highest BCUT2D eigenvalue weighted by atomic mass is 32.1. The molecule has 0 fully saturated rings. The zero-order chi connectivity index (χ0) is 19.6. The smallest absolute Gasteiger partial charge is 0.230 e. The predicted molar refractivity (Wildman–Crippen MR) is 108 cm³/mol. The Kier molecular flexibility index (Phi) is 5.66. The van der Waals surface area contributed by atoms with Crippen LogP contribution >= 0.6 is 23.6 Å². The number of aromatic nitrogens is 6. The molecule has 0 unspecified atom stereocenters. The van der Waals surface area contributed by atoms with Gasteiger partial charge in [0.05, 0.1) is 24.2 Å². The third-order valence-electron chi connectivity index (χ3n) is 4.28. The molecule has 0 saturated carbocycles. The van der Waals surface area contributed by atoms with E-state index >= 15 is 0 Å². The van der Waals surface area contributed by atoms with Crippen LogP contribution in [0.2, 0.25) is 0 Å². The molecule has 0 aliphatic heterocycles. The molecule has 3 rings (SSSR count). The van der Waals surface area contributed by atoms with Crippen LogP contribution in [0.15, 0.2) is 18.0 Å². The van der Waals surface area contributed by atoms with E-state index in [9.17, 15) is 4.79 Å². The van der Waals surface area contributed by atoms with Crippen LogP contribution in [0.25, 0.3) is 0 Å². The predicted octanol–water partition coefficient (Wildman–Crippen LogP) is 2.71. The number of carbonyl (C=O) groups is 1. The minimum atomic E-state index is -0.107. The number of hydrogen-bond acceptors (Lipinski definition) is 6. The van der Waals surface area contributed by atoms with Crippen molar-refractivity contribution in [1.82, 2.24) is 29.5 Å². The minimum absolute atomic E-state index is 0.107. The summed E-state index contributed by atoms with van der Waals surface area (Å²) >= 11 is 6.61. The van der Waals surface area contributed by atoms with E-state index in [4.69, 9.17) is 12.2 Å². The number of aromatic amines is 1. The van der Waals surface area contributed by atoms with Gasteiger partial charge in [0.25, 0.3) is 0 Å². The number of allylic oxidation sites excluding steroid dienone is 1. The number of H-pyrrole nitrogens is 1. The molecule has 3 aromatic rings. The van der Waals surface area contributed by atoms with Crippen LogP contribution in [0.3, 0.4) is 0 Å². The molecule has 0 aliphatic carbocycles. The van der Waals surface area contributed by atoms with Gasteiger partial charge in [-0.15, -0.1) is 17.9 Å². The van der Waals surface area contributed by atoms with Crippen molar-refractivity contribution in [2.45, 2.75) is 33.2 Å². The summed E-state index contributed by atoms with van der Waals surface area (Å²) in [7, 11) is 1.87. The first-order valence-corrected chi connectivity index (χ1v) is 9.66. The number of nitrogens with zero attached hydrogens (tertiary/aromatic N) is 5. The molecule has 0 aromatic carbocycles. The molecule has 0 aliphatic rings. The Labute approximate surface area is 166 Å². The largest absolute Gasteiger partial charge is 0.302 e. The molecule has 3 heterocycles. The Hall–Kier alpha value is -2.59. The Morgan fingerprint density at radius 1 is 1.48 bits per heavy atom. The number of thiazole rings is 1. The third kappa shape index (κ3) is 4.22. The Bertz CT molecular complexity index is 1040. The lowest BCUT2D eigenvalue weighted by atomic mass is 10.1. The van der Waals surface area contributed by atoms with Gasteiger partial charge in [-0.1, -0.05) is 6.08 Å². The Morgan fingerprint density at radius 3 is 2.93 bits per heavy atom. The lowest BCUT2D eigenvalue weighted by molar-refractivity contribution is -0.115. The second-order valence-corrected chi connectivity index (χ2v) is 7.41. The summed E-state index contributed by atoms with van der Waals surface area (Å²) < 4.78 is 4.21. The van der Waals surface area contributed by atoms with Gasteiger partial charge in [-0.05, 0) is 26.1 Å². The van der Waals surface area contributed by atoms with Gasteiger partial charge in [-0.25, -0.2) is 4.98 Å². The van der Waals surface area contributed by atoms with Crippen molar-refractivity contribution >= 4 is 34.6 Å². The number of nitrogens with one attached hydrogen (secondary N) is 2. The zero-order valence-corrected chi connectivity index (χ0v) is 17.1. The standard InChI is InChI=1S/C17H21N7OS2/c1-5-6-24-14(20-21-17(24)26)7-12-9-27-16(18-12)19-15(25)8-13-10(2)22-23(4)11(13)3/h5,9H,1,6-8H2,2-4H3,(H,21,26)(H,18,19,25). The van der Waals surface area contributed by atoms with E-state index < -0.39 is 0 Å². The van der Waals surface area contributed by atoms with Crippen molar-refractivity contribution in [3.05, 3.63) is 51.3 Å². The van der Waals surface area contributed by atoms with Gasteiger partial charge in [0.15, 0.2) is 9.90 Å². The van der Waals surface area contributed by atoms with Crippen LogP contribution in [0.4, 0.5) is 5.13 Å².